The first-order valence-electron chi connectivity index (χ1n) is 4.37. The van der Waals surface area contributed by atoms with E-state index < -0.39 is 0 Å². The normalized spacial score (nSPS) is 16.0. The fourth-order valence-corrected chi connectivity index (χ4v) is 0.864. The molecule has 0 aliphatic rings. The Bertz CT molecular complexity index is 199. The molecule has 2 N–H and O–H groups in total. The van der Waals surface area contributed by atoms with Gasteiger partial charge in [0.2, 0.25) is 0 Å². The Hall–Kier alpha value is -0.830. The average Bonchev–Trinajstić information content (AvgIpc) is 2.13. The van der Waals surface area contributed by atoms with E-state index in [4.69, 9.17) is 10.5 Å². The highest BCUT2D eigenvalue weighted by atomic mass is 19.1. The van der Waals surface area contributed by atoms with Gasteiger partial charge in [-0.3, -0.25) is 0 Å². The van der Waals surface area contributed by atoms with Crippen LogP contribution < -0.4 is 5.73 Å². The van der Waals surface area contributed by atoms with Crippen molar-refractivity contribution in [3.05, 3.63) is 23.7 Å². The zero-order chi connectivity index (χ0) is 10.3. The molecule has 0 saturated heterocycles. The van der Waals surface area contributed by atoms with E-state index in [1.807, 2.05) is 6.92 Å². The molecule has 0 radical (unpaired) electrons. The quantitative estimate of drug-likeness (QED) is 0.717. The van der Waals surface area contributed by atoms with Gasteiger partial charge in [-0.25, -0.2) is 4.39 Å². The summed E-state index contributed by atoms with van der Waals surface area (Å²) in [6.45, 7) is 4.01. The summed E-state index contributed by atoms with van der Waals surface area (Å²) in [6, 6.07) is 0. The lowest BCUT2D eigenvalue weighted by atomic mass is 10.1. The lowest BCUT2D eigenvalue weighted by Crippen LogP contribution is -2.04. The van der Waals surface area contributed by atoms with Crippen molar-refractivity contribution in [1.82, 2.24) is 0 Å². The number of nitrogens with two attached hydrogens (primary N) is 1. The first-order valence-corrected chi connectivity index (χ1v) is 4.37. The minimum Gasteiger partial charge on any atom is -0.402 e. The van der Waals surface area contributed by atoms with E-state index in [2.05, 4.69) is 0 Å². The molecule has 1 unspecified atom stereocenters. The minimum absolute atomic E-state index is 0.161. The molecule has 2 nitrogen and oxygen atoms in total. The van der Waals surface area contributed by atoms with Crippen LogP contribution in [0, 0.1) is 5.92 Å². The van der Waals surface area contributed by atoms with Gasteiger partial charge in [0, 0.05) is 25.1 Å². The number of methoxy groups -OCH3 is 1. The van der Waals surface area contributed by atoms with Crippen LogP contribution in [0.15, 0.2) is 23.7 Å². The first kappa shape index (κ1) is 12.2. The molecule has 1 atom stereocenters. The van der Waals surface area contributed by atoms with E-state index in [0.717, 1.165) is 0 Å². The maximum absolute atomic E-state index is 13.2. The largest absolute Gasteiger partial charge is 0.402 e. The number of hydrogen-bond donors (Lipinski definition) is 1. The van der Waals surface area contributed by atoms with Gasteiger partial charge in [0.05, 0.1) is 6.61 Å². The Morgan fingerprint density at radius 1 is 1.62 bits per heavy atom. The van der Waals surface area contributed by atoms with Crippen LogP contribution in [0.5, 0.6) is 0 Å². The van der Waals surface area contributed by atoms with Gasteiger partial charge in [-0.05, 0) is 13.0 Å². The molecular weight excluding hydrogens is 169 g/mol. The zero-order valence-corrected chi connectivity index (χ0v) is 8.51. The Kier molecular flexibility index (Phi) is 6.24. The van der Waals surface area contributed by atoms with Crippen LogP contribution in [0.1, 0.15) is 20.3 Å². The molecule has 76 valence electrons. The fourth-order valence-electron chi connectivity index (χ4n) is 0.864. The molecule has 13 heavy (non-hydrogen) atoms. The first-order chi connectivity index (χ1) is 6.11. The molecule has 0 saturated carbocycles. The Balaban J connectivity index is 4.00. The van der Waals surface area contributed by atoms with E-state index in [1.165, 1.54) is 6.08 Å². The van der Waals surface area contributed by atoms with E-state index in [0.29, 0.717) is 18.7 Å². The highest BCUT2D eigenvalue weighted by molar-refractivity contribution is 5.06. The second-order valence-electron chi connectivity index (χ2n) is 3.01. The minimum atomic E-state index is -0.186. The average molecular weight is 187 g/mol. The number of hydrogen-bond acceptors (Lipinski definition) is 2. The molecule has 0 aromatic carbocycles. The molecule has 0 rings (SSSR count). The summed E-state index contributed by atoms with van der Waals surface area (Å²) in [6.07, 6.45) is 3.74. The van der Waals surface area contributed by atoms with E-state index in [9.17, 15) is 4.39 Å². The third-order valence-electron chi connectivity index (χ3n) is 1.79. The van der Waals surface area contributed by atoms with Gasteiger partial charge in [-0.1, -0.05) is 13.0 Å². The van der Waals surface area contributed by atoms with Crippen molar-refractivity contribution < 1.29 is 9.13 Å². The lowest BCUT2D eigenvalue weighted by molar-refractivity contribution is 0.163. The fraction of sp³-hybridized carbons (Fsp3) is 0.600. The Morgan fingerprint density at radius 2 is 2.23 bits per heavy atom. The number of halogens is 1. The zero-order valence-electron chi connectivity index (χ0n) is 8.51. The molecule has 0 heterocycles. The van der Waals surface area contributed by atoms with Gasteiger partial charge in [-0.2, -0.15) is 0 Å². The molecule has 0 aliphatic carbocycles. The molecule has 0 amide bonds. The number of allylic oxidation sites excluding steroid dienone is 2. The maximum Gasteiger partial charge on any atom is 0.101 e. The van der Waals surface area contributed by atoms with Crippen LogP contribution in [-0.4, -0.2) is 13.7 Å². The van der Waals surface area contributed by atoms with Crippen molar-refractivity contribution in [3.63, 3.8) is 0 Å². The van der Waals surface area contributed by atoms with Crippen molar-refractivity contribution >= 4 is 0 Å². The summed E-state index contributed by atoms with van der Waals surface area (Å²) >= 11 is 0. The molecule has 3 heteroatoms. The molecule has 0 bridgehead atoms. The highest BCUT2D eigenvalue weighted by Gasteiger charge is 2.06. The second-order valence-corrected chi connectivity index (χ2v) is 3.01. The van der Waals surface area contributed by atoms with E-state index in [-0.39, 0.29) is 11.7 Å². The van der Waals surface area contributed by atoms with Crippen molar-refractivity contribution in [2.24, 2.45) is 11.7 Å². The van der Waals surface area contributed by atoms with Gasteiger partial charge in [0.25, 0.3) is 0 Å². The van der Waals surface area contributed by atoms with Crippen molar-refractivity contribution in [2.75, 3.05) is 13.7 Å². The molecule has 0 fully saturated rings. The van der Waals surface area contributed by atoms with Crippen LogP contribution in [0.4, 0.5) is 4.39 Å². The third kappa shape index (κ3) is 5.42. The molecule has 0 aromatic rings. The smallest absolute Gasteiger partial charge is 0.101 e. The van der Waals surface area contributed by atoms with Gasteiger partial charge in [-0.15, -0.1) is 0 Å². The lowest BCUT2D eigenvalue weighted by Gasteiger charge is -2.07. The van der Waals surface area contributed by atoms with Crippen LogP contribution in [0.2, 0.25) is 0 Å². The highest BCUT2D eigenvalue weighted by Crippen LogP contribution is 2.13. The number of rotatable bonds is 5. The third-order valence-corrected chi connectivity index (χ3v) is 1.79. The molecule has 0 spiro atoms. The molecular formula is C10H18FNO. The van der Waals surface area contributed by atoms with Crippen LogP contribution >= 0.6 is 0 Å². The summed E-state index contributed by atoms with van der Waals surface area (Å²) in [4.78, 5) is 0. The van der Waals surface area contributed by atoms with Crippen LogP contribution in [0.3, 0.4) is 0 Å². The van der Waals surface area contributed by atoms with Crippen molar-refractivity contribution in [3.8, 4) is 0 Å². The molecule has 0 aliphatic heterocycles. The van der Waals surface area contributed by atoms with E-state index >= 15 is 0 Å². The topological polar surface area (TPSA) is 35.2 Å². The van der Waals surface area contributed by atoms with Crippen LogP contribution in [-0.2, 0) is 4.74 Å². The summed E-state index contributed by atoms with van der Waals surface area (Å²) in [7, 11) is 1.56. The van der Waals surface area contributed by atoms with Gasteiger partial charge in [0.1, 0.15) is 5.83 Å². The predicted octanol–water partition coefficient (Wildman–Crippen LogP) is 2.37. The Labute approximate surface area is 79.3 Å². The monoisotopic (exact) mass is 187 g/mol. The van der Waals surface area contributed by atoms with Gasteiger partial charge >= 0.3 is 0 Å². The van der Waals surface area contributed by atoms with Gasteiger partial charge < -0.3 is 10.5 Å². The van der Waals surface area contributed by atoms with Crippen LogP contribution in [0.25, 0.3) is 0 Å². The maximum atomic E-state index is 13.2. The molecule has 0 aromatic heterocycles. The summed E-state index contributed by atoms with van der Waals surface area (Å²) < 4.78 is 18.0. The standard InChI is InChI=1S/C10H18FNO/c1-4-9(12)5-6-10(11)8(2)7-13-3/h4,6,8H,5,7,12H2,1-3H3/b9-4+,10-6+. The predicted molar refractivity (Wildman–Crippen MR) is 52.8 cm³/mol. The van der Waals surface area contributed by atoms with E-state index in [1.54, 1.807) is 20.1 Å². The number of ether oxygens (including phenoxy) is 1. The summed E-state index contributed by atoms with van der Waals surface area (Å²) in [5.74, 6) is -0.346. The second kappa shape index (κ2) is 6.66. The summed E-state index contributed by atoms with van der Waals surface area (Å²) in [5, 5.41) is 0. The van der Waals surface area contributed by atoms with Crippen molar-refractivity contribution in [2.45, 2.75) is 20.3 Å². The van der Waals surface area contributed by atoms with Gasteiger partial charge in [0.15, 0.2) is 0 Å². The SMILES string of the molecule is C/C=C(/N)C/C=C(/F)C(C)COC. The van der Waals surface area contributed by atoms with Crippen molar-refractivity contribution in [1.29, 1.82) is 0 Å². The summed E-state index contributed by atoms with van der Waals surface area (Å²) in [5.41, 5.74) is 6.19. The Morgan fingerprint density at radius 3 is 2.69 bits per heavy atom.